The van der Waals surface area contributed by atoms with Crippen molar-refractivity contribution in [1.82, 2.24) is 4.90 Å². The molecule has 1 fully saturated rings. The standard InChI is InChI=1S/C13H20FNO4/c1-12(2,3)19-11(18)15-6-5-9(7-14)13(4,8-15)10(16)17/h7H,5-6,8H2,1-4H3,(H,16,17). The van der Waals surface area contributed by atoms with Gasteiger partial charge in [-0.2, -0.15) is 0 Å². The molecule has 0 saturated carbocycles. The number of halogens is 1. The SMILES string of the molecule is CC(C)(C)OC(=O)N1CCC(=CF)C(C)(C(=O)O)C1. The van der Waals surface area contributed by atoms with Gasteiger partial charge in [0.25, 0.3) is 0 Å². The summed E-state index contributed by atoms with van der Waals surface area (Å²) in [7, 11) is 0. The van der Waals surface area contributed by atoms with Crippen LogP contribution in [0.3, 0.4) is 0 Å². The van der Waals surface area contributed by atoms with E-state index < -0.39 is 23.1 Å². The molecule has 1 atom stereocenters. The lowest BCUT2D eigenvalue weighted by Gasteiger charge is -2.39. The second-order valence-electron chi connectivity index (χ2n) is 5.92. The molecule has 108 valence electrons. The smallest absolute Gasteiger partial charge is 0.410 e. The Labute approximate surface area is 112 Å². The molecule has 1 heterocycles. The third kappa shape index (κ3) is 3.45. The summed E-state index contributed by atoms with van der Waals surface area (Å²) in [6, 6.07) is 0. The maximum Gasteiger partial charge on any atom is 0.410 e. The van der Waals surface area contributed by atoms with Crippen molar-refractivity contribution in [2.24, 2.45) is 5.41 Å². The Hall–Kier alpha value is -1.59. The molecular weight excluding hydrogens is 253 g/mol. The van der Waals surface area contributed by atoms with E-state index in [0.29, 0.717) is 6.33 Å². The summed E-state index contributed by atoms with van der Waals surface area (Å²) in [5, 5.41) is 9.24. The fraction of sp³-hybridized carbons (Fsp3) is 0.692. The minimum atomic E-state index is -1.40. The zero-order valence-corrected chi connectivity index (χ0v) is 11.7. The van der Waals surface area contributed by atoms with Crippen molar-refractivity contribution in [2.45, 2.75) is 39.7 Å². The highest BCUT2D eigenvalue weighted by Crippen LogP contribution is 2.35. The molecule has 1 aliphatic heterocycles. The Morgan fingerprint density at radius 2 is 2.05 bits per heavy atom. The monoisotopic (exact) mass is 273 g/mol. The molecule has 0 spiro atoms. The number of carboxylic acids is 1. The molecular formula is C13H20FNO4. The van der Waals surface area contributed by atoms with Crippen molar-refractivity contribution in [1.29, 1.82) is 0 Å². The molecule has 6 heteroatoms. The van der Waals surface area contributed by atoms with Gasteiger partial charge in [0, 0.05) is 13.1 Å². The highest BCUT2D eigenvalue weighted by Gasteiger charge is 2.44. The number of aliphatic carboxylic acids is 1. The van der Waals surface area contributed by atoms with Crippen LogP contribution >= 0.6 is 0 Å². The maximum atomic E-state index is 12.8. The van der Waals surface area contributed by atoms with Gasteiger partial charge in [0.2, 0.25) is 0 Å². The van der Waals surface area contributed by atoms with Crippen LogP contribution in [0, 0.1) is 5.41 Å². The molecule has 1 saturated heterocycles. The summed E-state index contributed by atoms with van der Waals surface area (Å²) in [6.07, 6.45) is -0.0445. The van der Waals surface area contributed by atoms with Gasteiger partial charge in [0.05, 0.1) is 6.33 Å². The van der Waals surface area contributed by atoms with Crippen molar-refractivity contribution in [3.05, 3.63) is 11.9 Å². The minimum absolute atomic E-state index is 0.0903. The summed E-state index contributed by atoms with van der Waals surface area (Å²) in [6.45, 7) is 6.78. The largest absolute Gasteiger partial charge is 0.481 e. The molecule has 1 unspecified atom stereocenters. The first kappa shape index (κ1) is 15.5. The van der Waals surface area contributed by atoms with E-state index in [9.17, 15) is 19.1 Å². The zero-order valence-electron chi connectivity index (χ0n) is 11.7. The van der Waals surface area contributed by atoms with E-state index in [4.69, 9.17) is 4.74 Å². The Bertz CT molecular complexity index is 413. The van der Waals surface area contributed by atoms with Gasteiger partial charge in [-0.25, -0.2) is 9.18 Å². The molecule has 0 aromatic heterocycles. The molecule has 0 bridgehead atoms. The van der Waals surface area contributed by atoms with Crippen LogP contribution in [-0.2, 0) is 9.53 Å². The van der Waals surface area contributed by atoms with Gasteiger partial charge in [-0.05, 0) is 39.7 Å². The van der Waals surface area contributed by atoms with Crippen molar-refractivity contribution in [3.63, 3.8) is 0 Å². The molecule has 0 radical (unpaired) electrons. The summed E-state index contributed by atoms with van der Waals surface area (Å²) in [5.41, 5.74) is -1.85. The van der Waals surface area contributed by atoms with E-state index in [0.717, 1.165) is 0 Å². The van der Waals surface area contributed by atoms with E-state index in [-0.39, 0.29) is 25.1 Å². The zero-order chi connectivity index (χ0) is 14.8. The second-order valence-corrected chi connectivity index (χ2v) is 5.92. The second kappa shape index (κ2) is 5.19. The summed E-state index contributed by atoms with van der Waals surface area (Å²) in [5.74, 6) is -1.15. The third-order valence-corrected chi connectivity index (χ3v) is 3.12. The maximum absolute atomic E-state index is 12.8. The number of carbonyl (C=O) groups excluding carboxylic acids is 1. The molecule has 1 amide bonds. The Kier molecular flexibility index (Phi) is 4.22. The number of carbonyl (C=O) groups is 2. The molecule has 0 aromatic carbocycles. The fourth-order valence-electron chi connectivity index (χ4n) is 1.96. The summed E-state index contributed by atoms with van der Waals surface area (Å²) < 4.78 is 18.0. The molecule has 19 heavy (non-hydrogen) atoms. The molecule has 0 aromatic rings. The minimum Gasteiger partial charge on any atom is -0.481 e. The lowest BCUT2D eigenvalue weighted by Crippen LogP contribution is -2.50. The Balaban J connectivity index is 2.88. The van der Waals surface area contributed by atoms with Crippen molar-refractivity contribution >= 4 is 12.1 Å². The normalized spacial score (nSPS) is 26.4. The van der Waals surface area contributed by atoms with Crippen molar-refractivity contribution in [3.8, 4) is 0 Å². The average molecular weight is 273 g/mol. The summed E-state index contributed by atoms with van der Waals surface area (Å²) >= 11 is 0. The van der Waals surface area contributed by atoms with Crippen LogP contribution < -0.4 is 0 Å². The van der Waals surface area contributed by atoms with Crippen LogP contribution in [0.25, 0.3) is 0 Å². The molecule has 1 N–H and O–H groups in total. The number of carboxylic acid groups (broad SMARTS) is 1. The van der Waals surface area contributed by atoms with Gasteiger partial charge in [0.1, 0.15) is 11.0 Å². The van der Waals surface area contributed by atoms with Crippen LogP contribution in [0.2, 0.25) is 0 Å². The van der Waals surface area contributed by atoms with Gasteiger partial charge < -0.3 is 14.7 Å². The number of rotatable bonds is 1. The number of nitrogens with zero attached hydrogens (tertiary/aromatic N) is 1. The number of piperidine rings is 1. The predicted molar refractivity (Wildman–Crippen MR) is 67.4 cm³/mol. The van der Waals surface area contributed by atoms with Crippen LogP contribution in [0.15, 0.2) is 11.9 Å². The predicted octanol–water partition coefficient (Wildman–Crippen LogP) is 2.57. The first-order valence-corrected chi connectivity index (χ1v) is 6.11. The van der Waals surface area contributed by atoms with Crippen molar-refractivity contribution < 1.29 is 23.8 Å². The summed E-state index contributed by atoms with van der Waals surface area (Å²) in [4.78, 5) is 24.5. The number of ether oxygens (including phenoxy) is 1. The van der Waals surface area contributed by atoms with Gasteiger partial charge in [-0.3, -0.25) is 4.79 Å². The lowest BCUT2D eigenvalue weighted by molar-refractivity contribution is -0.147. The highest BCUT2D eigenvalue weighted by molar-refractivity contribution is 5.80. The molecule has 1 aliphatic rings. The molecule has 1 rings (SSSR count). The van der Waals surface area contributed by atoms with Gasteiger partial charge in [-0.1, -0.05) is 0 Å². The van der Waals surface area contributed by atoms with Crippen LogP contribution in [0.4, 0.5) is 9.18 Å². The quantitative estimate of drug-likeness (QED) is 0.797. The molecule has 0 aliphatic carbocycles. The van der Waals surface area contributed by atoms with E-state index in [1.165, 1.54) is 11.8 Å². The van der Waals surface area contributed by atoms with Crippen LogP contribution in [0.5, 0.6) is 0 Å². The van der Waals surface area contributed by atoms with E-state index in [2.05, 4.69) is 0 Å². The van der Waals surface area contributed by atoms with E-state index in [1.807, 2.05) is 0 Å². The average Bonchev–Trinajstić information content (AvgIpc) is 2.26. The van der Waals surface area contributed by atoms with Gasteiger partial charge >= 0.3 is 12.1 Å². The number of hydrogen-bond donors (Lipinski definition) is 1. The van der Waals surface area contributed by atoms with Crippen LogP contribution in [0.1, 0.15) is 34.1 Å². The van der Waals surface area contributed by atoms with Gasteiger partial charge in [-0.15, -0.1) is 0 Å². The first-order chi connectivity index (χ1) is 8.60. The van der Waals surface area contributed by atoms with Crippen LogP contribution in [-0.4, -0.2) is 40.8 Å². The lowest BCUT2D eigenvalue weighted by atomic mass is 9.78. The number of likely N-dealkylation sites (tertiary alicyclic amines) is 1. The van der Waals surface area contributed by atoms with Crippen molar-refractivity contribution in [2.75, 3.05) is 13.1 Å². The number of hydrogen-bond acceptors (Lipinski definition) is 3. The molecule has 5 nitrogen and oxygen atoms in total. The van der Waals surface area contributed by atoms with E-state index in [1.54, 1.807) is 20.8 Å². The highest BCUT2D eigenvalue weighted by atomic mass is 19.1. The fourth-order valence-corrected chi connectivity index (χ4v) is 1.96. The number of amides is 1. The Morgan fingerprint density at radius 1 is 1.47 bits per heavy atom. The van der Waals surface area contributed by atoms with E-state index >= 15 is 0 Å². The first-order valence-electron chi connectivity index (χ1n) is 6.11. The third-order valence-electron chi connectivity index (χ3n) is 3.12. The Morgan fingerprint density at radius 3 is 2.47 bits per heavy atom. The topological polar surface area (TPSA) is 66.8 Å². The van der Waals surface area contributed by atoms with Gasteiger partial charge in [0.15, 0.2) is 0 Å².